The molecule has 0 radical (unpaired) electrons. The Morgan fingerprint density at radius 1 is 1.17 bits per heavy atom. The Bertz CT molecular complexity index is 731. The molecule has 1 amide bonds. The number of benzene rings is 2. The SMILES string of the molecule is COC(=O)c1cc(Br)cc(C)c1NC(=O)COCc1ccccc1. The highest BCUT2D eigenvalue weighted by molar-refractivity contribution is 9.10. The fraction of sp³-hybridized carbons (Fsp3) is 0.222. The monoisotopic (exact) mass is 391 g/mol. The molecule has 0 aromatic heterocycles. The van der Waals surface area contributed by atoms with Gasteiger partial charge in [-0.25, -0.2) is 4.79 Å². The zero-order chi connectivity index (χ0) is 17.5. The minimum Gasteiger partial charge on any atom is -0.465 e. The Balaban J connectivity index is 2.02. The first-order chi connectivity index (χ1) is 11.5. The fourth-order valence-electron chi connectivity index (χ4n) is 2.19. The van der Waals surface area contributed by atoms with E-state index < -0.39 is 5.97 Å². The van der Waals surface area contributed by atoms with Gasteiger partial charge in [0.25, 0.3) is 0 Å². The van der Waals surface area contributed by atoms with Crippen LogP contribution in [0.3, 0.4) is 0 Å². The Morgan fingerprint density at radius 2 is 1.88 bits per heavy atom. The Morgan fingerprint density at radius 3 is 2.54 bits per heavy atom. The number of carbonyl (C=O) groups is 2. The summed E-state index contributed by atoms with van der Waals surface area (Å²) in [5.41, 5.74) is 2.46. The molecular weight excluding hydrogens is 374 g/mol. The van der Waals surface area contributed by atoms with Gasteiger partial charge in [0.2, 0.25) is 5.91 Å². The van der Waals surface area contributed by atoms with Crippen LogP contribution in [0.25, 0.3) is 0 Å². The smallest absolute Gasteiger partial charge is 0.340 e. The van der Waals surface area contributed by atoms with Gasteiger partial charge in [-0.2, -0.15) is 0 Å². The van der Waals surface area contributed by atoms with E-state index in [0.29, 0.717) is 17.9 Å². The third-order valence-corrected chi connectivity index (χ3v) is 3.77. The molecule has 0 bridgehead atoms. The normalized spacial score (nSPS) is 10.3. The molecule has 0 atom stereocenters. The second kappa shape index (κ2) is 8.61. The maximum Gasteiger partial charge on any atom is 0.340 e. The standard InChI is InChI=1S/C18H18BrNO4/c1-12-8-14(19)9-15(18(22)23-2)17(12)20-16(21)11-24-10-13-6-4-3-5-7-13/h3-9H,10-11H2,1-2H3,(H,20,21). The molecule has 1 N–H and O–H groups in total. The van der Waals surface area contributed by atoms with E-state index >= 15 is 0 Å². The van der Waals surface area contributed by atoms with Gasteiger partial charge < -0.3 is 14.8 Å². The lowest BCUT2D eigenvalue weighted by atomic mass is 10.1. The number of carbonyl (C=O) groups excluding carboxylic acids is 2. The molecule has 2 rings (SSSR count). The lowest BCUT2D eigenvalue weighted by Crippen LogP contribution is -2.21. The lowest BCUT2D eigenvalue weighted by molar-refractivity contribution is -0.121. The van der Waals surface area contributed by atoms with Gasteiger partial charge in [-0.15, -0.1) is 0 Å². The molecule has 0 aliphatic rings. The summed E-state index contributed by atoms with van der Waals surface area (Å²) in [4.78, 5) is 24.0. The van der Waals surface area contributed by atoms with Gasteiger partial charge in [-0.1, -0.05) is 46.3 Å². The fourth-order valence-corrected chi connectivity index (χ4v) is 2.76. The van der Waals surface area contributed by atoms with Crippen molar-refractivity contribution in [3.8, 4) is 0 Å². The second-order valence-corrected chi connectivity index (χ2v) is 6.08. The molecule has 0 heterocycles. The van der Waals surface area contributed by atoms with Crippen molar-refractivity contribution >= 4 is 33.5 Å². The highest BCUT2D eigenvalue weighted by atomic mass is 79.9. The van der Waals surface area contributed by atoms with Crippen molar-refractivity contribution in [3.05, 3.63) is 63.6 Å². The van der Waals surface area contributed by atoms with Crippen LogP contribution in [0.2, 0.25) is 0 Å². The molecular formula is C18H18BrNO4. The van der Waals surface area contributed by atoms with Crippen molar-refractivity contribution in [2.24, 2.45) is 0 Å². The van der Waals surface area contributed by atoms with E-state index in [9.17, 15) is 9.59 Å². The molecule has 2 aromatic rings. The summed E-state index contributed by atoms with van der Waals surface area (Å²) in [5.74, 6) is -0.846. The summed E-state index contributed by atoms with van der Waals surface area (Å²) < 4.78 is 10.9. The molecule has 6 heteroatoms. The predicted octanol–water partition coefficient (Wildman–Crippen LogP) is 3.70. The number of ether oxygens (including phenoxy) is 2. The van der Waals surface area contributed by atoms with E-state index in [4.69, 9.17) is 9.47 Å². The van der Waals surface area contributed by atoms with E-state index in [-0.39, 0.29) is 12.5 Å². The number of anilines is 1. The number of hydrogen-bond acceptors (Lipinski definition) is 4. The van der Waals surface area contributed by atoms with Gasteiger partial charge in [-0.05, 0) is 30.2 Å². The van der Waals surface area contributed by atoms with Crippen LogP contribution in [0.1, 0.15) is 21.5 Å². The number of rotatable bonds is 6. The molecule has 0 aliphatic heterocycles. The van der Waals surface area contributed by atoms with Crippen LogP contribution in [0.4, 0.5) is 5.69 Å². The van der Waals surface area contributed by atoms with Crippen molar-refractivity contribution in [3.63, 3.8) is 0 Å². The lowest BCUT2D eigenvalue weighted by Gasteiger charge is -2.13. The average molecular weight is 392 g/mol. The molecule has 0 unspecified atom stereocenters. The van der Waals surface area contributed by atoms with Crippen LogP contribution >= 0.6 is 15.9 Å². The summed E-state index contributed by atoms with van der Waals surface area (Å²) in [6, 6.07) is 13.0. The number of esters is 1. The van der Waals surface area contributed by atoms with Crippen LogP contribution in [0, 0.1) is 6.92 Å². The maximum absolute atomic E-state index is 12.1. The van der Waals surface area contributed by atoms with E-state index in [1.807, 2.05) is 36.4 Å². The first-order valence-electron chi connectivity index (χ1n) is 7.31. The number of halogens is 1. The summed E-state index contributed by atoms with van der Waals surface area (Å²) >= 11 is 3.33. The van der Waals surface area contributed by atoms with Gasteiger partial charge in [0, 0.05) is 4.47 Å². The molecule has 5 nitrogen and oxygen atoms in total. The van der Waals surface area contributed by atoms with E-state index in [2.05, 4.69) is 21.2 Å². The largest absolute Gasteiger partial charge is 0.465 e. The molecule has 0 spiro atoms. The number of hydrogen-bond donors (Lipinski definition) is 1. The van der Waals surface area contributed by atoms with Crippen LogP contribution in [0.5, 0.6) is 0 Å². The minimum atomic E-state index is -0.514. The molecule has 0 saturated carbocycles. The number of nitrogens with one attached hydrogen (secondary N) is 1. The summed E-state index contributed by atoms with van der Waals surface area (Å²) in [6.07, 6.45) is 0. The summed E-state index contributed by atoms with van der Waals surface area (Å²) in [5, 5.41) is 2.72. The Kier molecular flexibility index (Phi) is 6.52. The van der Waals surface area contributed by atoms with Crippen LogP contribution in [-0.4, -0.2) is 25.6 Å². The van der Waals surface area contributed by atoms with E-state index in [1.54, 1.807) is 13.0 Å². The summed E-state index contributed by atoms with van der Waals surface area (Å²) in [6.45, 7) is 2.04. The zero-order valence-corrected chi connectivity index (χ0v) is 15.1. The first kappa shape index (κ1) is 18.2. The third-order valence-electron chi connectivity index (χ3n) is 3.31. The molecule has 2 aromatic carbocycles. The number of methoxy groups -OCH3 is 1. The molecule has 24 heavy (non-hydrogen) atoms. The van der Waals surface area contributed by atoms with Gasteiger partial charge in [0.1, 0.15) is 6.61 Å². The predicted molar refractivity (Wildman–Crippen MR) is 94.9 cm³/mol. The van der Waals surface area contributed by atoms with E-state index in [0.717, 1.165) is 15.6 Å². The zero-order valence-electron chi connectivity index (χ0n) is 13.5. The third kappa shape index (κ3) is 4.91. The van der Waals surface area contributed by atoms with Crippen molar-refractivity contribution in [1.82, 2.24) is 0 Å². The number of aryl methyl sites for hydroxylation is 1. The van der Waals surface area contributed by atoms with Crippen molar-refractivity contribution in [2.45, 2.75) is 13.5 Å². The molecule has 0 fully saturated rings. The summed E-state index contributed by atoms with van der Waals surface area (Å²) in [7, 11) is 1.30. The minimum absolute atomic E-state index is 0.106. The molecule has 0 aliphatic carbocycles. The van der Waals surface area contributed by atoms with Crippen LogP contribution < -0.4 is 5.32 Å². The average Bonchev–Trinajstić information content (AvgIpc) is 2.57. The van der Waals surface area contributed by atoms with Crippen molar-refractivity contribution < 1.29 is 19.1 Å². The molecule has 126 valence electrons. The van der Waals surface area contributed by atoms with Gasteiger partial charge in [0.05, 0.1) is 25.0 Å². The van der Waals surface area contributed by atoms with Gasteiger partial charge in [0.15, 0.2) is 0 Å². The van der Waals surface area contributed by atoms with Crippen molar-refractivity contribution in [1.29, 1.82) is 0 Å². The van der Waals surface area contributed by atoms with E-state index in [1.165, 1.54) is 7.11 Å². The quantitative estimate of drug-likeness (QED) is 0.762. The first-order valence-corrected chi connectivity index (χ1v) is 8.10. The maximum atomic E-state index is 12.1. The van der Waals surface area contributed by atoms with Crippen LogP contribution in [0.15, 0.2) is 46.9 Å². The highest BCUT2D eigenvalue weighted by Crippen LogP contribution is 2.26. The van der Waals surface area contributed by atoms with Crippen molar-refractivity contribution in [2.75, 3.05) is 19.0 Å². The molecule has 0 saturated heterocycles. The van der Waals surface area contributed by atoms with Gasteiger partial charge >= 0.3 is 5.97 Å². The topological polar surface area (TPSA) is 64.6 Å². The van der Waals surface area contributed by atoms with Gasteiger partial charge in [-0.3, -0.25) is 4.79 Å². The highest BCUT2D eigenvalue weighted by Gasteiger charge is 2.17. The van der Waals surface area contributed by atoms with Crippen LogP contribution in [-0.2, 0) is 20.9 Å². The number of amides is 1. The Hall–Kier alpha value is -2.18. The second-order valence-electron chi connectivity index (χ2n) is 5.16. The Labute approximate surface area is 149 Å².